The van der Waals surface area contributed by atoms with Crippen molar-refractivity contribution < 1.29 is 18.7 Å². The largest absolute Gasteiger partial charge is 0.378 e. The molecule has 2 N–H and O–H groups in total. The van der Waals surface area contributed by atoms with Gasteiger partial charge in [0.05, 0.1) is 13.2 Å². The second-order valence-electron chi connectivity index (χ2n) is 6.58. The second kappa shape index (κ2) is 9.85. The van der Waals surface area contributed by atoms with Gasteiger partial charge in [0.15, 0.2) is 0 Å². The summed E-state index contributed by atoms with van der Waals surface area (Å²) in [6.45, 7) is 3.19. The third-order valence-corrected chi connectivity index (χ3v) is 4.73. The highest BCUT2D eigenvalue weighted by Crippen LogP contribution is 2.21. The van der Waals surface area contributed by atoms with Crippen LogP contribution in [0, 0.1) is 11.7 Å². The Kier molecular flexibility index (Phi) is 7.81. The number of morpholine rings is 1. The zero-order valence-corrected chi connectivity index (χ0v) is 15.4. The molecule has 3 rings (SSSR count). The van der Waals surface area contributed by atoms with E-state index in [2.05, 4.69) is 10.6 Å². The van der Waals surface area contributed by atoms with Crippen LogP contribution in [0.2, 0.25) is 0 Å². The molecule has 2 heterocycles. The Balaban J connectivity index is 0.00000243. The molecule has 26 heavy (non-hydrogen) atoms. The van der Waals surface area contributed by atoms with Gasteiger partial charge in [-0.3, -0.25) is 9.59 Å². The Morgan fingerprint density at radius 3 is 2.73 bits per heavy atom. The summed E-state index contributed by atoms with van der Waals surface area (Å²) in [4.78, 5) is 26.5. The summed E-state index contributed by atoms with van der Waals surface area (Å²) < 4.78 is 18.6. The molecule has 0 saturated carbocycles. The van der Waals surface area contributed by atoms with Crippen LogP contribution in [0.5, 0.6) is 0 Å². The Morgan fingerprint density at radius 1 is 1.31 bits per heavy atom. The molecular formula is C18H25ClFN3O3. The number of anilines is 1. The van der Waals surface area contributed by atoms with Crippen LogP contribution in [-0.4, -0.2) is 55.6 Å². The predicted molar refractivity (Wildman–Crippen MR) is 98.8 cm³/mol. The lowest BCUT2D eigenvalue weighted by Crippen LogP contribution is -2.47. The highest BCUT2D eigenvalue weighted by Gasteiger charge is 2.28. The molecule has 6 nitrogen and oxygen atoms in total. The third-order valence-electron chi connectivity index (χ3n) is 4.73. The predicted octanol–water partition coefficient (Wildman–Crippen LogP) is 1.80. The lowest BCUT2D eigenvalue weighted by molar-refractivity contribution is -0.135. The van der Waals surface area contributed by atoms with Crippen molar-refractivity contribution >= 4 is 29.9 Å². The van der Waals surface area contributed by atoms with Crippen LogP contribution in [-0.2, 0) is 14.3 Å². The molecule has 144 valence electrons. The number of likely N-dealkylation sites (tertiary alicyclic amines) is 1. The van der Waals surface area contributed by atoms with Crippen molar-refractivity contribution in [2.24, 2.45) is 5.92 Å². The van der Waals surface area contributed by atoms with E-state index < -0.39 is 0 Å². The maximum Gasteiger partial charge on any atom is 0.227 e. The minimum Gasteiger partial charge on any atom is -0.378 e. The first-order valence-electron chi connectivity index (χ1n) is 8.77. The third kappa shape index (κ3) is 5.65. The van der Waals surface area contributed by atoms with Crippen LogP contribution in [0.25, 0.3) is 0 Å². The Morgan fingerprint density at radius 2 is 2.08 bits per heavy atom. The topological polar surface area (TPSA) is 70.7 Å². The number of benzene rings is 1. The minimum absolute atomic E-state index is 0. The number of rotatable bonds is 4. The van der Waals surface area contributed by atoms with E-state index in [-0.39, 0.29) is 42.0 Å². The van der Waals surface area contributed by atoms with Gasteiger partial charge in [-0.1, -0.05) is 6.07 Å². The van der Waals surface area contributed by atoms with Crippen molar-refractivity contribution in [3.63, 3.8) is 0 Å². The molecule has 0 aliphatic carbocycles. The highest BCUT2D eigenvalue weighted by molar-refractivity contribution is 5.92. The molecule has 1 aromatic rings. The molecular weight excluding hydrogens is 361 g/mol. The van der Waals surface area contributed by atoms with Crippen LogP contribution < -0.4 is 10.6 Å². The van der Waals surface area contributed by atoms with E-state index >= 15 is 0 Å². The molecule has 0 bridgehead atoms. The molecule has 2 amide bonds. The first kappa shape index (κ1) is 20.6. The fourth-order valence-corrected chi connectivity index (χ4v) is 3.29. The van der Waals surface area contributed by atoms with Crippen molar-refractivity contribution in [1.29, 1.82) is 0 Å². The standard InChI is InChI=1S/C18H24FN3O3.ClH/c19-14-2-1-3-15(10-14)21-18(24)13-4-7-22(8-5-13)17(23)11-16-12-25-9-6-20-16;/h1-3,10,13,16,20H,4-9,11-12H2,(H,21,24);1H. The average molecular weight is 386 g/mol. The summed E-state index contributed by atoms with van der Waals surface area (Å²) in [5, 5.41) is 6.03. The van der Waals surface area contributed by atoms with Gasteiger partial charge < -0.3 is 20.3 Å². The van der Waals surface area contributed by atoms with Gasteiger partial charge in [-0.25, -0.2) is 4.39 Å². The molecule has 0 radical (unpaired) electrons. The molecule has 0 spiro atoms. The van der Waals surface area contributed by atoms with Crippen molar-refractivity contribution in [3.8, 4) is 0 Å². The van der Waals surface area contributed by atoms with Gasteiger partial charge in [0.25, 0.3) is 0 Å². The van der Waals surface area contributed by atoms with E-state index in [1.54, 1.807) is 12.1 Å². The van der Waals surface area contributed by atoms with Crippen molar-refractivity contribution in [1.82, 2.24) is 10.2 Å². The van der Waals surface area contributed by atoms with Gasteiger partial charge in [-0.15, -0.1) is 12.4 Å². The molecule has 1 atom stereocenters. The molecule has 1 unspecified atom stereocenters. The van der Waals surface area contributed by atoms with E-state index in [1.165, 1.54) is 12.1 Å². The number of amides is 2. The Bertz CT molecular complexity index is 617. The molecule has 2 aliphatic heterocycles. The lowest BCUT2D eigenvalue weighted by Gasteiger charge is -2.33. The first-order chi connectivity index (χ1) is 12.1. The normalized spacial score (nSPS) is 21.0. The molecule has 1 aromatic carbocycles. The van der Waals surface area contributed by atoms with Crippen LogP contribution in [0.3, 0.4) is 0 Å². The summed E-state index contributed by atoms with van der Waals surface area (Å²) in [5.74, 6) is -0.533. The Labute approximate surface area is 158 Å². The minimum atomic E-state index is -0.376. The number of hydrogen-bond acceptors (Lipinski definition) is 4. The lowest BCUT2D eigenvalue weighted by atomic mass is 9.95. The van der Waals surface area contributed by atoms with Gasteiger partial charge in [0.1, 0.15) is 5.82 Å². The number of hydrogen-bond donors (Lipinski definition) is 2. The number of ether oxygens (including phenoxy) is 1. The van der Waals surface area contributed by atoms with Crippen molar-refractivity contribution in [3.05, 3.63) is 30.1 Å². The van der Waals surface area contributed by atoms with E-state index in [0.29, 0.717) is 51.3 Å². The Hall–Kier alpha value is -1.70. The van der Waals surface area contributed by atoms with Crippen LogP contribution in [0.1, 0.15) is 19.3 Å². The summed E-state index contributed by atoms with van der Waals surface area (Å²) in [6, 6.07) is 5.95. The molecule has 0 aromatic heterocycles. The summed E-state index contributed by atoms with van der Waals surface area (Å²) in [7, 11) is 0. The fraction of sp³-hybridized carbons (Fsp3) is 0.556. The molecule has 2 saturated heterocycles. The maximum absolute atomic E-state index is 13.2. The summed E-state index contributed by atoms with van der Waals surface area (Å²) >= 11 is 0. The number of carbonyl (C=O) groups is 2. The first-order valence-corrected chi connectivity index (χ1v) is 8.77. The van der Waals surface area contributed by atoms with Gasteiger partial charge in [0.2, 0.25) is 11.8 Å². The smallest absolute Gasteiger partial charge is 0.227 e. The number of piperidine rings is 1. The van der Waals surface area contributed by atoms with Crippen LogP contribution >= 0.6 is 12.4 Å². The fourth-order valence-electron chi connectivity index (χ4n) is 3.29. The molecule has 8 heteroatoms. The maximum atomic E-state index is 13.2. The number of halogens is 2. The van der Waals surface area contributed by atoms with E-state index in [1.807, 2.05) is 4.90 Å². The van der Waals surface area contributed by atoms with Gasteiger partial charge >= 0.3 is 0 Å². The van der Waals surface area contributed by atoms with Gasteiger partial charge in [-0.2, -0.15) is 0 Å². The molecule has 2 fully saturated rings. The number of nitrogens with zero attached hydrogens (tertiary/aromatic N) is 1. The van der Waals surface area contributed by atoms with E-state index in [4.69, 9.17) is 4.74 Å². The van der Waals surface area contributed by atoms with Crippen LogP contribution in [0.4, 0.5) is 10.1 Å². The summed E-state index contributed by atoms with van der Waals surface area (Å²) in [6.07, 6.45) is 1.68. The summed E-state index contributed by atoms with van der Waals surface area (Å²) in [5.41, 5.74) is 0.465. The van der Waals surface area contributed by atoms with Gasteiger partial charge in [0, 0.05) is 43.7 Å². The van der Waals surface area contributed by atoms with Crippen molar-refractivity contribution in [2.45, 2.75) is 25.3 Å². The number of carbonyl (C=O) groups excluding carboxylic acids is 2. The highest BCUT2D eigenvalue weighted by atomic mass is 35.5. The van der Waals surface area contributed by atoms with E-state index in [9.17, 15) is 14.0 Å². The monoisotopic (exact) mass is 385 g/mol. The van der Waals surface area contributed by atoms with Gasteiger partial charge in [-0.05, 0) is 31.0 Å². The van der Waals surface area contributed by atoms with E-state index in [0.717, 1.165) is 6.54 Å². The zero-order valence-electron chi connectivity index (χ0n) is 14.6. The second-order valence-corrected chi connectivity index (χ2v) is 6.58. The average Bonchev–Trinajstić information content (AvgIpc) is 2.62. The zero-order chi connectivity index (χ0) is 17.6. The molecule has 2 aliphatic rings. The van der Waals surface area contributed by atoms with Crippen LogP contribution in [0.15, 0.2) is 24.3 Å². The van der Waals surface area contributed by atoms with Crippen molar-refractivity contribution in [2.75, 3.05) is 38.2 Å². The SMILES string of the molecule is Cl.O=C(Nc1cccc(F)c1)C1CCN(C(=O)CC2COCCN2)CC1. The quantitative estimate of drug-likeness (QED) is 0.829. The number of nitrogens with one attached hydrogen (secondary N) is 2.